The van der Waals surface area contributed by atoms with Crippen molar-refractivity contribution in [1.82, 2.24) is 4.90 Å². The smallest absolute Gasteiger partial charge is 0.410 e. The fourth-order valence-electron chi connectivity index (χ4n) is 4.93. The summed E-state index contributed by atoms with van der Waals surface area (Å²) in [5.74, 6) is 0.487. The van der Waals surface area contributed by atoms with Gasteiger partial charge in [-0.1, -0.05) is 42.5 Å². The van der Waals surface area contributed by atoms with Gasteiger partial charge in [0, 0.05) is 43.4 Å². The van der Waals surface area contributed by atoms with Gasteiger partial charge in [0.15, 0.2) is 0 Å². The molecule has 0 aromatic heterocycles. The van der Waals surface area contributed by atoms with E-state index in [1.807, 2.05) is 43.9 Å². The second kappa shape index (κ2) is 11.2. The zero-order chi connectivity index (χ0) is 25.7. The molecule has 1 saturated heterocycles. The molecule has 1 aliphatic carbocycles. The van der Waals surface area contributed by atoms with Crippen LogP contribution >= 0.6 is 0 Å². The van der Waals surface area contributed by atoms with Gasteiger partial charge in [0.25, 0.3) is 0 Å². The normalized spacial score (nSPS) is 20.3. The number of esters is 1. The summed E-state index contributed by atoms with van der Waals surface area (Å²) in [4.78, 5) is 28.9. The molecule has 6 heteroatoms. The van der Waals surface area contributed by atoms with E-state index in [1.54, 1.807) is 6.08 Å². The number of nitrogens with zero attached hydrogens (tertiary/aromatic N) is 2. The summed E-state index contributed by atoms with van der Waals surface area (Å²) in [5, 5.41) is 0. The summed E-state index contributed by atoms with van der Waals surface area (Å²) < 4.78 is 10.5. The van der Waals surface area contributed by atoms with Gasteiger partial charge in [-0.3, -0.25) is 0 Å². The molecule has 2 aromatic rings. The molecule has 1 amide bonds. The average molecular weight is 491 g/mol. The van der Waals surface area contributed by atoms with Crippen LogP contribution in [0.15, 0.2) is 60.7 Å². The van der Waals surface area contributed by atoms with Crippen LogP contribution in [0.25, 0.3) is 6.08 Å². The van der Waals surface area contributed by atoms with Crippen molar-refractivity contribution in [2.75, 3.05) is 31.6 Å². The molecule has 0 bridgehead atoms. The van der Waals surface area contributed by atoms with Gasteiger partial charge in [-0.2, -0.15) is 0 Å². The molecular weight excluding hydrogens is 452 g/mol. The van der Waals surface area contributed by atoms with E-state index in [4.69, 9.17) is 4.74 Å². The summed E-state index contributed by atoms with van der Waals surface area (Å²) in [6.45, 7) is 8.45. The number of ether oxygens (including phenoxy) is 2. The lowest BCUT2D eigenvalue weighted by atomic mass is 9.95. The fraction of sp³-hybridized carbons (Fsp3) is 0.467. The maximum absolute atomic E-state index is 13.2. The zero-order valence-electron chi connectivity index (χ0n) is 21.9. The number of carbonyl (C=O) groups is 2. The number of hydrogen-bond acceptors (Lipinski definition) is 5. The zero-order valence-corrected chi connectivity index (χ0v) is 21.9. The second-order valence-electron chi connectivity index (χ2n) is 10.8. The Balaban J connectivity index is 1.35. The molecule has 1 saturated carbocycles. The lowest BCUT2D eigenvalue weighted by Gasteiger charge is -2.36. The molecule has 36 heavy (non-hydrogen) atoms. The highest BCUT2D eigenvalue weighted by Crippen LogP contribution is 2.45. The predicted molar refractivity (Wildman–Crippen MR) is 143 cm³/mol. The van der Waals surface area contributed by atoms with E-state index in [9.17, 15) is 9.59 Å². The van der Waals surface area contributed by atoms with Crippen LogP contribution in [0.4, 0.5) is 10.5 Å². The van der Waals surface area contributed by atoms with E-state index in [2.05, 4.69) is 46.0 Å². The molecule has 1 heterocycles. The Morgan fingerprint density at radius 2 is 1.69 bits per heavy atom. The van der Waals surface area contributed by atoms with Crippen molar-refractivity contribution in [3.05, 3.63) is 71.8 Å². The molecule has 2 aromatic carbocycles. The number of benzene rings is 2. The lowest BCUT2D eigenvalue weighted by Crippen LogP contribution is -2.44. The minimum atomic E-state index is -0.506. The molecule has 0 radical (unpaired) electrons. The van der Waals surface area contributed by atoms with E-state index < -0.39 is 5.60 Å². The number of hydrogen-bond donors (Lipinski definition) is 0. The van der Waals surface area contributed by atoms with Gasteiger partial charge in [0.05, 0.1) is 7.11 Å². The third kappa shape index (κ3) is 6.90. The molecule has 2 fully saturated rings. The van der Waals surface area contributed by atoms with E-state index in [1.165, 1.54) is 24.4 Å². The number of amides is 1. The Morgan fingerprint density at radius 3 is 2.31 bits per heavy atom. The van der Waals surface area contributed by atoms with Gasteiger partial charge in [-0.05, 0) is 75.3 Å². The molecule has 1 aliphatic heterocycles. The Morgan fingerprint density at radius 1 is 1.03 bits per heavy atom. The van der Waals surface area contributed by atoms with Crippen molar-refractivity contribution in [2.45, 2.75) is 57.6 Å². The number of anilines is 1. The standard InChI is InChI=1S/C30H38N2O4/c1-30(2,3)36-29(34)32(27-20-26(27)24-8-6-5-7-9-24)21-23-16-18-31(19-17-23)25-13-10-22(11-14-25)12-15-28(33)35-4/h5-15,23,26-27H,16-21H2,1-4H3/b15-12+. The van der Waals surface area contributed by atoms with Crippen LogP contribution in [0.1, 0.15) is 57.1 Å². The van der Waals surface area contributed by atoms with Crippen LogP contribution in [0.5, 0.6) is 0 Å². The first-order chi connectivity index (χ1) is 17.2. The first kappa shape index (κ1) is 25.8. The van der Waals surface area contributed by atoms with Gasteiger partial charge in [-0.15, -0.1) is 0 Å². The summed E-state index contributed by atoms with van der Waals surface area (Å²) in [7, 11) is 1.37. The predicted octanol–water partition coefficient (Wildman–Crippen LogP) is 5.88. The Labute approximate surface area is 214 Å². The third-order valence-electron chi connectivity index (χ3n) is 6.95. The van der Waals surface area contributed by atoms with Crippen molar-refractivity contribution in [3.63, 3.8) is 0 Å². The highest BCUT2D eigenvalue weighted by atomic mass is 16.6. The van der Waals surface area contributed by atoms with Crippen molar-refractivity contribution >= 4 is 23.8 Å². The number of methoxy groups -OCH3 is 1. The highest BCUT2D eigenvalue weighted by molar-refractivity contribution is 5.87. The van der Waals surface area contributed by atoms with E-state index in [0.717, 1.165) is 44.5 Å². The van der Waals surface area contributed by atoms with Gasteiger partial charge in [0.2, 0.25) is 0 Å². The second-order valence-corrected chi connectivity index (χ2v) is 10.8. The molecule has 6 nitrogen and oxygen atoms in total. The summed E-state index contributed by atoms with van der Waals surface area (Å²) >= 11 is 0. The maximum atomic E-state index is 13.2. The molecular formula is C30H38N2O4. The summed E-state index contributed by atoms with van der Waals surface area (Å²) in [6, 6.07) is 18.9. The highest BCUT2D eigenvalue weighted by Gasteiger charge is 2.46. The third-order valence-corrected chi connectivity index (χ3v) is 6.95. The van der Waals surface area contributed by atoms with Gasteiger partial charge >= 0.3 is 12.1 Å². The minimum Gasteiger partial charge on any atom is -0.466 e. The largest absolute Gasteiger partial charge is 0.466 e. The van der Waals surface area contributed by atoms with Crippen molar-refractivity contribution in [3.8, 4) is 0 Å². The fourth-order valence-corrected chi connectivity index (χ4v) is 4.93. The van der Waals surface area contributed by atoms with Gasteiger partial charge in [0.1, 0.15) is 5.60 Å². The van der Waals surface area contributed by atoms with Crippen LogP contribution in [-0.2, 0) is 14.3 Å². The van der Waals surface area contributed by atoms with Crippen LogP contribution in [0.3, 0.4) is 0 Å². The monoisotopic (exact) mass is 490 g/mol. The number of piperidine rings is 1. The molecule has 4 rings (SSSR count). The molecule has 2 atom stereocenters. The molecule has 0 N–H and O–H groups in total. The SMILES string of the molecule is COC(=O)/C=C/c1ccc(N2CCC(CN(C(=O)OC(C)(C)C)C3CC3c3ccccc3)CC2)cc1. The first-order valence-electron chi connectivity index (χ1n) is 12.9. The topological polar surface area (TPSA) is 59.1 Å². The summed E-state index contributed by atoms with van der Waals surface area (Å²) in [5.41, 5.74) is 2.94. The first-order valence-corrected chi connectivity index (χ1v) is 12.9. The van der Waals surface area contributed by atoms with Crippen LogP contribution in [0, 0.1) is 5.92 Å². The maximum Gasteiger partial charge on any atom is 0.410 e. The van der Waals surface area contributed by atoms with E-state index in [0.29, 0.717) is 11.8 Å². The Kier molecular flexibility index (Phi) is 8.02. The van der Waals surface area contributed by atoms with E-state index in [-0.39, 0.29) is 18.1 Å². The van der Waals surface area contributed by atoms with E-state index >= 15 is 0 Å². The van der Waals surface area contributed by atoms with Gasteiger partial charge in [-0.25, -0.2) is 9.59 Å². The van der Waals surface area contributed by atoms with Crippen LogP contribution in [-0.4, -0.2) is 55.3 Å². The minimum absolute atomic E-state index is 0.191. The quantitative estimate of drug-likeness (QED) is 0.358. The number of carbonyl (C=O) groups excluding carboxylic acids is 2. The van der Waals surface area contributed by atoms with Crippen molar-refractivity contribution < 1.29 is 19.1 Å². The average Bonchev–Trinajstić information content (AvgIpc) is 3.66. The van der Waals surface area contributed by atoms with Gasteiger partial charge < -0.3 is 19.3 Å². The summed E-state index contributed by atoms with van der Waals surface area (Å²) in [6.07, 6.45) is 6.06. The van der Waals surface area contributed by atoms with Crippen molar-refractivity contribution in [1.29, 1.82) is 0 Å². The lowest BCUT2D eigenvalue weighted by molar-refractivity contribution is -0.134. The van der Waals surface area contributed by atoms with Crippen molar-refractivity contribution in [2.24, 2.45) is 5.92 Å². The molecule has 0 spiro atoms. The molecule has 2 unspecified atom stereocenters. The molecule has 2 aliphatic rings. The Hall–Kier alpha value is -3.28. The van der Waals surface area contributed by atoms with Crippen LogP contribution < -0.4 is 4.90 Å². The number of rotatable bonds is 7. The Bertz CT molecular complexity index is 1050. The van der Waals surface area contributed by atoms with Crippen LogP contribution in [0.2, 0.25) is 0 Å². The molecule has 192 valence electrons.